The number of hydrogen-bond acceptors (Lipinski definition) is 11. The Kier molecular flexibility index (Phi) is 8.13. The predicted octanol–water partition coefficient (Wildman–Crippen LogP) is 0.976. The van der Waals surface area contributed by atoms with Gasteiger partial charge >= 0.3 is 17.9 Å². The molecule has 9 atom stereocenters. The van der Waals surface area contributed by atoms with E-state index in [2.05, 4.69) is 0 Å². The van der Waals surface area contributed by atoms with Crippen LogP contribution in [0.15, 0.2) is 35.5 Å². The lowest BCUT2D eigenvalue weighted by Crippen LogP contribution is -2.65. The van der Waals surface area contributed by atoms with Gasteiger partial charge in [0.15, 0.2) is 0 Å². The lowest BCUT2D eigenvalue weighted by Gasteiger charge is -2.54. The molecule has 0 spiro atoms. The average molecular weight is 551 g/mol. The molecule has 2 aliphatic carbocycles. The number of cyclic esters (lactones) is 1. The van der Waals surface area contributed by atoms with Crippen molar-refractivity contribution < 1.29 is 53.8 Å². The number of aliphatic hydroxyl groups is 4. The average Bonchev–Trinajstić information content (AvgIpc) is 3.05. The zero-order chi connectivity index (χ0) is 28.8. The summed E-state index contributed by atoms with van der Waals surface area (Å²) in [5.74, 6) is -2.01. The van der Waals surface area contributed by atoms with E-state index in [0.29, 0.717) is 32.1 Å². The van der Waals surface area contributed by atoms with Crippen LogP contribution in [0.1, 0.15) is 59.8 Å². The van der Waals surface area contributed by atoms with Gasteiger partial charge in [0.05, 0.1) is 6.61 Å². The van der Waals surface area contributed by atoms with Gasteiger partial charge in [-0.25, -0.2) is 4.79 Å². The molecular weight excluding hydrogens is 512 g/mol. The number of rotatable bonds is 6. The Hall–Kier alpha value is -2.57. The van der Waals surface area contributed by atoms with Crippen LogP contribution in [0.2, 0.25) is 0 Å². The van der Waals surface area contributed by atoms with Gasteiger partial charge in [-0.1, -0.05) is 23.8 Å². The van der Waals surface area contributed by atoms with E-state index in [0.717, 1.165) is 5.57 Å². The maximum atomic E-state index is 13.6. The minimum atomic E-state index is -1.71. The van der Waals surface area contributed by atoms with E-state index in [-0.39, 0.29) is 11.5 Å². The molecule has 2 saturated heterocycles. The minimum Gasteiger partial charge on any atom is -0.458 e. The summed E-state index contributed by atoms with van der Waals surface area (Å²) in [5.41, 5.74) is -1.81. The van der Waals surface area contributed by atoms with E-state index in [1.54, 1.807) is 19.1 Å². The summed E-state index contributed by atoms with van der Waals surface area (Å²) in [6, 6.07) is 0. The topological polar surface area (TPSA) is 169 Å². The lowest BCUT2D eigenvalue weighted by molar-refractivity contribution is -0.291. The van der Waals surface area contributed by atoms with Gasteiger partial charge in [0.1, 0.15) is 41.0 Å². The summed E-state index contributed by atoms with van der Waals surface area (Å²) < 4.78 is 22.5. The van der Waals surface area contributed by atoms with Gasteiger partial charge in [0.2, 0.25) is 6.29 Å². The van der Waals surface area contributed by atoms with Crippen molar-refractivity contribution >= 4 is 17.9 Å². The monoisotopic (exact) mass is 550 g/mol. The molecule has 2 bridgehead atoms. The molecule has 0 aromatic rings. The van der Waals surface area contributed by atoms with Crippen LogP contribution in [-0.2, 0) is 33.3 Å². The molecule has 11 heteroatoms. The molecule has 1 saturated carbocycles. The molecule has 9 unspecified atom stereocenters. The number of esters is 3. The fourth-order valence-electron chi connectivity index (χ4n) is 6.61. The quantitative estimate of drug-likeness (QED) is 0.122. The molecule has 0 aromatic carbocycles. The molecule has 3 fully saturated rings. The van der Waals surface area contributed by atoms with Gasteiger partial charge in [-0.05, 0) is 59.0 Å². The maximum Gasteiger partial charge on any atom is 0.336 e. The van der Waals surface area contributed by atoms with E-state index < -0.39 is 71.8 Å². The molecule has 0 amide bonds. The third kappa shape index (κ3) is 4.95. The van der Waals surface area contributed by atoms with Crippen molar-refractivity contribution in [1.29, 1.82) is 0 Å². The summed E-state index contributed by atoms with van der Waals surface area (Å²) in [6.45, 7) is 5.94. The highest BCUT2D eigenvalue weighted by Gasteiger charge is 2.74. The Morgan fingerprint density at radius 3 is 2.54 bits per heavy atom. The number of hydrogen-bond donors (Lipinski definition) is 4. The first-order valence-electron chi connectivity index (χ1n) is 13.3. The van der Waals surface area contributed by atoms with Crippen LogP contribution in [0.25, 0.3) is 0 Å². The van der Waals surface area contributed by atoms with Crippen molar-refractivity contribution in [1.82, 2.24) is 0 Å². The molecule has 11 nitrogen and oxygen atoms in total. The molecule has 4 aliphatic rings. The van der Waals surface area contributed by atoms with Crippen LogP contribution in [0.5, 0.6) is 0 Å². The van der Waals surface area contributed by atoms with Crippen molar-refractivity contribution in [3.8, 4) is 0 Å². The van der Waals surface area contributed by atoms with Crippen molar-refractivity contribution in [2.75, 3.05) is 6.61 Å². The van der Waals surface area contributed by atoms with Crippen molar-refractivity contribution in [2.45, 2.75) is 102 Å². The standard InChI is InChI=1S/C28H38O11/c1-15-7-11-27-12-9-19(28(27,13-8-15)38-17(3)30)26(4,39-25(27)35)10-5-6-16(2)23(34)37-24-22(33)21(32)20(31)18(14-29)36-24/h5-7,10,18-22,24,29,31-33H,8-9,11-14H2,1-4H3/b10-5+,16-6+. The first kappa shape index (κ1) is 29.4. The smallest absolute Gasteiger partial charge is 0.336 e. The van der Waals surface area contributed by atoms with E-state index in [4.69, 9.17) is 18.9 Å². The molecule has 39 heavy (non-hydrogen) atoms. The summed E-state index contributed by atoms with van der Waals surface area (Å²) in [4.78, 5) is 38.5. The van der Waals surface area contributed by atoms with Gasteiger partial charge in [-0.15, -0.1) is 0 Å². The Morgan fingerprint density at radius 2 is 1.87 bits per heavy atom. The highest BCUT2D eigenvalue weighted by Crippen LogP contribution is 2.65. The molecule has 4 N–H and O–H groups in total. The largest absolute Gasteiger partial charge is 0.458 e. The second-order valence-electron chi connectivity index (χ2n) is 11.3. The van der Waals surface area contributed by atoms with Crippen molar-refractivity contribution in [3.05, 3.63) is 35.5 Å². The third-order valence-corrected chi connectivity index (χ3v) is 8.81. The number of allylic oxidation sites excluding steroid dienone is 4. The van der Waals surface area contributed by atoms with E-state index in [9.17, 15) is 34.8 Å². The molecule has 0 aromatic heterocycles. The van der Waals surface area contributed by atoms with Gasteiger partial charge in [-0.2, -0.15) is 0 Å². The predicted molar refractivity (Wildman–Crippen MR) is 135 cm³/mol. The summed E-state index contributed by atoms with van der Waals surface area (Å²) >= 11 is 0. The molecular formula is C28H38O11. The van der Waals surface area contributed by atoms with Crippen LogP contribution in [-0.4, -0.2) is 86.8 Å². The number of aliphatic hydroxyl groups excluding tert-OH is 4. The number of carbonyl (C=O) groups is 3. The number of ether oxygens (including phenoxy) is 4. The molecule has 0 radical (unpaired) electrons. The normalized spacial score (nSPS) is 42.3. The van der Waals surface area contributed by atoms with Crippen LogP contribution in [0, 0.1) is 11.3 Å². The first-order chi connectivity index (χ1) is 18.3. The van der Waals surface area contributed by atoms with Gasteiger partial charge in [0, 0.05) is 18.4 Å². The van der Waals surface area contributed by atoms with E-state index in [1.165, 1.54) is 19.9 Å². The lowest BCUT2D eigenvalue weighted by atomic mass is 9.62. The fraction of sp³-hybridized carbons (Fsp3) is 0.679. The van der Waals surface area contributed by atoms with Gasteiger partial charge < -0.3 is 39.4 Å². The van der Waals surface area contributed by atoms with E-state index in [1.807, 2.05) is 13.0 Å². The summed E-state index contributed by atoms with van der Waals surface area (Å²) in [6.07, 6.45) is 1.76. The van der Waals surface area contributed by atoms with Crippen molar-refractivity contribution in [3.63, 3.8) is 0 Å². The highest BCUT2D eigenvalue weighted by molar-refractivity contribution is 5.88. The van der Waals surface area contributed by atoms with Crippen LogP contribution in [0.4, 0.5) is 0 Å². The second kappa shape index (κ2) is 10.8. The van der Waals surface area contributed by atoms with Crippen molar-refractivity contribution in [2.24, 2.45) is 11.3 Å². The molecule has 2 aliphatic heterocycles. The van der Waals surface area contributed by atoms with Crippen LogP contribution in [0.3, 0.4) is 0 Å². The zero-order valence-corrected chi connectivity index (χ0v) is 22.7. The highest BCUT2D eigenvalue weighted by atomic mass is 16.7. The molecule has 216 valence electrons. The first-order valence-corrected chi connectivity index (χ1v) is 13.3. The Morgan fingerprint density at radius 1 is 1.15 bits per heavy atom. The van der Waals surface area contributed by atoms with E-state index >= 15 is 0 Å². The zero-order valence-electron chi connectivity index (χ0n) is 22.7. The molecule has 2 heterocycles. The second-order valence-corrected chi connectivity index (χ2v) is 11.3. The Balaban J connectivity index is 1.54. The third-order valence-electron chi connectivity index (χ3n) is 8.81. The summed E-state index contributed by atoms with van der Waals surface area (Å²) in [5, 5.41) is 39.2. The van der Waals surface area contributed by atoms with Crippen LogP contribution < -0.4 is 0 Å². The molecule has 4 rings (SSSR count). The Bertz CT molecular complexity index is 1090. The fourth-order valence-corrected chi connectivity index (χ4v) is 6.61. The van der Waals surface area contributed by atoms with Crippen LogP contribution >= 0.6 is 0 Å². The Labute approximate surface area is 227 Å². The number of carbonyl (C=O) groups excluding carboxylic acids is 3. The SMILES string of the molecule is CC(=O)OC12CCC(C)=CCC13CCC2C(C)(/C=C/C=C(\C)C(=O)OC1OC(CO)C(O)C(O)C1O)OC3=O. The minimum absolute atomic E-state index is 0.110. The maximum absolute atomic E-state index is 13.6. The summed E-state index contributed by atoms with van der Waals surface area (Å²) in [7, 11) is 0. The van der Waals surface area contributed by atoms with Gasteiger partial charge in [0.25, 0.3) is 0 Å². The van der Waals surface area contributed by atoms with Gasteiger partial charge in [-0.3, -0.25) is 9.59 Å².